The van der Waals surface area contributed by atoms with Gasteiger partial charge in [-0.1, -0.05) is 48.0 Å². The second-order valence-electron chi connectivity index (χ2n) is 6.32. The number of ether oxygens (including phenoxy) is 3. The van der Waals surface area contributed by atoms with Crippen LogP contribution in [0.1, 0.15) is 16.7 Å². The Hall–Kier alpha value is -2.69. The quantitative estimate of drug-likeness (QED) is 0.537. The first-order valence-corrected chi connectivity index (χ1v) is 9.44. The zero-order valence-electron chi connectivity index (χ0n) is 16.1. The Kier molecular flexibility index (Phi) is 7.18. The Bertz CT molecular complexity index is 914. The minimum Gasteiger partial charge on any atom is -0.496 e. The number of halogens is 1. The maximum atomic E-state index is 6.02. The molecule has 0 bridgehead atoms. The Balaban J connectivity index is 1.59. The van der Waals surface area contributed by atoms with Gasteiger partial charge in [0.05, 0.1) is 14.2 Å². The van der Waals surface area contributed by atoms with Crippen molar-refractivity contribution < 1.29 is 14.2 Å². The van der Waals surface area contributed by atoms with Crippen molar-refractivity contribution in [2.24, 2.45) is 0 Å². The lowest BCUT2D eigenvalue weighted by molar-refractivity contribution is 0.284. The first-order valence-electron chi connectivity index (χ1n) is 9.06. The van der Waals surface area contributed by atoms with Gasteiger partial charge < -0.3 is 19.5 Å². The van der Waals surface area contributed by atoms with Crippen LogP contribution in [0, 0.1) is 0 Å². The summed E-state index contributed by atoms with van der Waals surface area (Å²) in [5.74, 6) is 2.30. The van der Waals surface area contributed by atoms with E-state index in [0.717, 1.165) is 29.0 Å². The average Bonchev–Trinajstić information content (AvgIpc) is 2.73. The molecule has 28 heavy (non-hydrogen) atoms. The molecule has 0 aliphatic rings. The normalized spacial score (nSPS) is 10.5. The summed E-state index contributed by atoms with van der Waals surface area (Å²) in [6, 6.07) is 21.6. The van der Waals surface area contributed by atoms with Crippen LogP contribution in [0.3, 0.4) is 0 Å². The molecule has 0 radical (unpaired) electrons. The topological polar surface area (TPSA) is 39.7 Å². The molecule has 0 atom stereocenters. The molecule has 0 spiro atoms. The fraction of sp³-hybridized carbons (Fsp3) is 0.217. The Labute approximate surface area is 171 Å². The molecule has 0 fully saturated rings. The molecule has 4 nitrogen and oxygen atoms in total. The third-order valence-electron chi connectivity index (χ3n) is 4.35. The van der Waals surface area contributed by atoms with E-state index in [1.165, 1.54) is 0 Å². The van der Waals surface area contributed by atoms with E-state index in [1.54, 1.807) is 14.2 Å². The van der Waals surface area contributed by atoms with Crippen LogP contribution in [0.15, 0.2) is 66.7 Å². The van der Waals surface area contributed by atoms with Crippen LogP contribution >= 0.6 is 11.6 Å². The zero-order valence-corrected chi connectivity index (χ0v) is 16.8. The van der Waals surface area contributed by atoms with Crippen molar-refractivity contribution in [1.29, 1.82) is 0 Å². The van der Waals surface area contributed by atoms with E-state index in [2.05, 4.69) is 11.4 Å². The van der Waals surface area contributed by atoms with E-state index in [-0.39, 0.29) is 0 Å². The highest BCUT2D eigenvalue weighted by molar-refractivity contribution is 6.30. The van der Waals surface area contributed by atoms with Gasteiger partial charge >= 0.3 is 0 Å². The molecule has 3 aromatic rings. The van der Waals surface area contributed by atoms with Crippen LogP contribution in [0.25, 0.3) is 0 Å². The second-order valence-corrected chi connectivity index (χ2v) is 6.76. The van der Waals surface area contributed by atoms with Crippen LogP contribution in [-0.4, -0.2) is 14.2 Å². The standard InChI is InChI=1S/C23H24ClNO3/c1-26-21-9-4-3-7-19(21)15-25-14-17-10-11-22(23(13-17)27-2)28-16-18-6-5-8-20(24)12-18/h3-13,25H,14-16H2,1-2H3. The van der Waals surface area contributed by atoms with Crippen molar-refractivity contribution in [2.45, 2.75) is 19.7 Å². The summed E-state index contributed by atoms with van der Waals surface area (Å²) < 4.78 is 16.8. The van der Waals surface area contributed by atoms with Gasteiger partial charge in [0.25, 0.3) is 0 Å². The van der Waals surface area contributed by atoms with Gasteiger partial charge in [-0.25, -0.2) is 0 Å². The van der Waals surface area contributed by atoms with E-state index in [9.17, 15) is 0 Å². The number of methoxy groups -OCH3 is 2. The van der Waals surface area contributed by atoms with Crippen LogP contribution < -0.4 is 19.5 Å². The lowest BCUT2D eigenvalue weighted by atomic mass is 10.1. The Morgan fingerprint density at radius 3 is 2.36 bits per heavy atom. The third-order valence-corrected chi connectivity index (χ3v) is 4.58. The average molecular weight is 398 g/mol. The van der Waals surface area contributed by atoms with Crippen molar-refractivity contribution in [1.82, 2.24) is 5.32 Å². The summed E-state index contributed by atoms with van der Waals surface area (Å²) >= 11 is 6.02. The monoisotopic (exact) mass is 397 g/mol. The highest BCUT2D eigenvalue weighted by Gasteiger charge is 2.07. The first kappa shape index (κ1) is 20.1. The number of hydrogen-bond acceptors (Lipinski definition) is 4. The summed E-state index contributed by atoms with van der Waals surface area (Å²) in [5, 5.41) is 4.14. The number of benzene rings is 3. The third kappa shape index (κ3) is 5.41. The first-order chi connectivity index (χ1) is 13.7. The smallest absolute Gasteiger partial charge is 0.161 e. The van der Waals surface area contributed by atoms with Gasteiger partial charge in [0, 0.05) is 23.7 Å². The van der Waals surface area contributed by atoms with Crippen LogP contribution in [-0.2, 0) is 19.7 Å². The van der Waals surface area contributed by atoms with Crippen LogP contribution in [0.5, 0.6) is 17.2 Å². The van der Waals surface area contributed by atoms with E-state index >= 15 is 0 Å². The van der Waals surface area contributed by atoms with E-state index in [0.29, 0.717) is 29.7 Å². The molecule has 0 heterocycles. The lowest BCUT2D eigenvalue weighted by Gasteiger charge is -2.13. The number of para-hydroxylation sites is 1. The van der Waals surface area contributed by atoms with Gasteiger partial charge in [-0.05, 0) is 41.5 Å². The molecule has 0 unspecified atom stereocenters. The Morgan fingerprint density at radius 2 is 1.57 bits per heavy atom. The van der Waals surface area contributed by atoms with Gasteiger partial charge in [-0.2, -0.15) is 0 Å². The Morgan fingerprint density at radius 1 is 0.750 bits per heavy atom. The molecular weight excluding hydrogens is 374 g/mol. The van der Waals surface area contributed by atoms with Crippen molar-refractivity contribution in [3.8, 4) is 17.2 Å². The van der Waals surface area contributed by atoms with Crippen molar-refractivity contribution in [2.75, 3.05) is 14.2 Å². The van der Waals surface area contributed by atoms with Crippen LogP contribution in [0.2, 0.25) is 5.02 Å². The number of rotatable bonds is 9. The van der Waals surface area contributed by atoms with Crippen LogP contribution in [0.4, 0.5) is 0 Å². The fourth-order valence-corrected chi connectivity index (χ4v) is 3.13. The van der Waals surface area contributed by atoms with Gasteiger partial charge in [0.1, 0.15) is 12.4 Å². The summed E-state index contributed by atoms with van der Waals surface area (Å²) in [5.41, 5.74) is 3.25. The van der Waals surface area contributed by atoms with Crippen molar-refractivity contribution in [3.05, 3.63) is 88.4 Å². The molecule has 0 saturated heterocycles. The summed E-state index contributed by atoms with van der Waals surface area (Å²) in [7, 11) is 3.33. The number of hydrogen-bond donors (Lipinski definition) is 1. The maximum Gasteiger partial charge on any atom is 0.161 e. The van der Waals surface area contributed by atoms with Crippen molar-refractivity contribution in [3.63, 3.8) is 0 Å². The molecular formula is C23H24ClNO3. The summed E-state index contributed by atoms with van der Waals surface area (Å²) in [4.78, 5) is 0. The molecule has 146 valence electrons. The maximum absolute atomic E-state index is 6.02. The highest BCUT2D eigenvalue weighted by atomic mass is 35.5. The van der Waals surface area contributed by atoms with E-state index in [1.807, 2.05) is 60.7 Å². The van der Waals surface area contributed by atoms with E-state index < -0.39 is 0 Å². The minimum atomic E-state index is 0.433. The molecule has 1 N–H and O–H groups in total. The molecule has 0 aliphatic heterocycles. The predicted octanol–water partition coefficient (Wildman–Crippen LogP) is 5.23. The molecule has 0 saturated carbocycles. The van der Waals surface area contributed by atoms with Gasteiger partial charge in [-0.15, -0.1) is 0 Å². The predicted molar refractivity (Wildman–Crippen MR) is 112 cm³/mol. The number of nitrogens with one attached hydrogen (secondary N) is 1. The molecule has 0 aliphatic carbocycles. The van der Waals surface area contributed by atoms with E-state index in [4.69, 9.17) is 25.8 Å². The molecule has 0 amide bonds. The molecule has 0 aromatic heterocycles. The minimum absolute atomic E-state index is 0.433. The summed E-state index contributed by atoms with van der Waals surface area (Å²) in [6.45, 7) is 1.87. The molecule has 3 rings (SSSR count). The largest absolute Gasteiger partial charge is 0.496 e. The molecule has 5 heteroatoms. The fourth-order valence-electron chi connectivity index (χ4n) is 2.92. The molecule has 3 aromatic carbocycles. The van der Waals surface area contributed by atoms with Gasteiger partial charge in [0.2, 0.25) is 0 Å². The summed E-state index contributed by atoms with van der Waals surface area (Å²) in [6.07, 6.45) is 0. The lowest BCUT2D eigenvalue weighted by Crippen LogP contribution is -2.13. The zero-order chi connectivity index (χ0) is 19.8. The highest BCUT2D eigenvalue weighted by Crippen LogP contribution is 2.29. The second kappa shape index (κ2) is 10.0. The van der Waals surface area contributed by atoms with Gasteiger partial charge in [0.15, 0.2) is 11.5 Å². The van der Waals surface area contributed by atoms with Crippen molar-refractivity contribution >= 4 is 11.6 Å². The van der Waals surface area contributed by atoms with Gasteiger partial charge in [-0.3, -0.25) is 0 Å². The SMILES string of the molecule is COc1ccccc1CNCc1ccc(OCc2cccc(Cl)c2)c(OC)c1.